The highest BCUT2D eigenvalue weighted by molar-refractivity contribution is 7.99. The molecule has 2 aromatic rings. The van der Waals surface area contributed by atoms with E-state index in [9.17, 15) is 14.9 Å². The molecule has 0 aliphatic rings. The average Bonchev–Trinajstić information content (AvgIpc) is 2.60. The smallest absolute Gasteiger partial charge is 0.284 e. The number of nitro groups is 1. The summed E-state index contributed by atoms with van der Waals surface area (Å²) in [5.74, 6) is -0.313. The normalized spacial score (nSPS) is 10.5. The van der Waals surface area contributed by atoms with Gasteiger partial charge >= 0.3 is 0 Å². The van der Waals surface area contributed by atoms with Gasteiger partial charge in [0.2, 0.25) is 0 Å². The fourth-order valence-electron chi connectivity index (χ4n) is 2.19. The van der Waals surface area contributed by atoms with Gasteiger partial charge in [-0.15, -0.1) is 0 Å². The molecule has 0 saturated carbocycles. The fraction of sp³-hybridized carbons (Fsp3) is 0.278. The second kappa shape index (κ2) is 9.19. The molecule has 2 rings (SSSR count). The van der Waals surface area contributed by atoms with Crippen molar-refractivity contribution in [3.63, 3.8) is 0 Å². The van der Waals surface area contributed by atoms with Crippen molar-refractivity contribution in [1.82, 2.24) is 5.32 Å². The van der Waals surface area contributed by atoms with Gasteiger partial charge in [-0.3, -0.25) is 14.9 Å². The molecule has 0 radical (unpaired) electrons. The van der Waals surface area contributed by atoms with Crippen molar-refractivity contribution in [3.05, 3.63) is 63.7 Å². The lowest BCUT2D eigenvalue weighted by molar-refractivity contribution is -0.387. The molecular formula is C18H21N3O3S. The molecule has 1 amide bonds. The Balaban J connectivity index is 2.15. The number of aryl methyl sites for hydroxylation is 1. The Labute approximate surface area is 151 Å². The number of carbonyl (C=O) groups excluding carboxylic acids is 1. The molecule has 0 bridgehead atoms. The number of nitro benzene ring substituents is 1. The molecule has 0 saturated heterocycles. The predicted molar refractivity (Wildman–Crippen MR) is 99.0 cm³/mol. The summed E-state index contributed by atoms with van der Waals surface area (Å²) in [6.45, 7) is 3.06. The topological polar surface area (TPSA) is 98.3 Å². The van der Waals surface area contributed by atoms with Gasteiger partial charge in [0.25, 0.3) is 11.6 Å². The third-order valence-electron chi connectivity index (χ3n) is 3.58. The standard InChI is InChI=1S/C18H21N3O3S/c1-13-4-7-15(8-5-13)25-17-9-6-14(12-16(17)21(23)24)18(22)20-11-3-2-10-19/h4-9,12H,2-3,10-11,19H2,1H3,(H,20,22). The van der Waals surface area contributed by atoms with Crippen molar-refractivity contribution in [2.75, 3.05) is 13.1 Å². The third-order valence-corrected chi connectivity index (χ3v) is 4.66. The van der Waals surface area contributed by atoms with Crippen LogP contribution in [0.1, 0.15) is 28.8 Å². The van der Waals surface area contributed by atoms with E-state index in [1.54, 1.807) is 12.1 Å². The van der Waals surface area contributed by atoms with Crippen LogP contribution in [0.3, 0.4) is 0 Å². The maximum Gasteiger partial charge on any atom is 0.284 e. The van der Waals surface area contributed by atoms with Crippen molar-refractivity contribution in [1.29, 1.82) is 0 Å². The molecule has 132 valence electrons. The Kier molecular flexibility index (Phi) is 6.97. The maximum absolute atomic E-state index is 12.1. The minimum atomic E-state index is -0.457. The Bertz CT molecular complexity index is 748. The van der Waals surface area contributed by atoms with E-state index in [4.69, 9.17) is 5.73 Å². The number of rotatable bonds is 8. The van der Waals surface area contributed by atoms with Crippen molar-refractivity contribution < 1.29 is 9.72 Å². The number of nitrogens with one attached hydrogen (secondary N) is 1. The van der Waals surface area contributed by atoms with Crippen LogP contribution >= 0.6 is 11.8 Å². The summed E-state index contributed by atoms with van der Waals surface area (Å²) in [5, 5.41) is 14.1. The summed E-state index contributed by atoms with van der Waals surface area (Å²) in [5.41, 5.74) is 6.75. The van der Waals surface area contributed by atoms with Crippen LogP contribution in [0.25, 0.3) is 0 Å². The van der Waals surface area contributed by atoms with Gasteiger partial charge in [0.1, 0.15) is 0 Å². The number of nitrogens with zero attached hydrogens (tertiary/aromatic N) is 1. The summed E-state index contributed by atoms with van der Waals surface area (Å²) in [6, 6.07) is 12.3. The van der Waals surface area contributed by atoms with E-state index in [1.807, 2.05) is 31.2 Å². The van der Waals surface area contributed by atoms with Gasteiger partial charge in [-0.25, -0.2) is 0 Å². The minimum Gasteiger partial charge on any atom is -0.352 e. The van der Waals surface area contributed by atoms with Crippen LogP contribution in [0.2, 0.25) is 0 Å². The number of carbonyl (C=O) groups is 1. The van der Waals surface area contributed by atoms with Gasteiger partial charge in [-0.05, 0) is 50.6 Å². The van der Waals surface area contributed by atoms with E-state index in [1.165, 1.54) is 17.8 Å². The van der Waals surface area contributed by atoms with Gasteiger partial charge in [0.15, 0.2) is 0 Å². The highest BCUT2D eigenvalue weighted by Gasteiger charge is 2.18. The zero-order valence-corrected chi connectivity index (χ0v) is 14.8. The molecule has 3 N–H and O–H groups in total. The van der Waals surface area contributed by atoms with Crippen LogP contribution < -0.4 is 11.1 Å². The predicted octanol–water partition coefficient (Wildman–Crippen LogP) is 3.52. The van der Waals surface area contributed by atoms with E-state index in [2.05, 4.69) is 5.32 Å². The molecule has 2 aromatic carbocycles. The Morgan fingerprint density at radius 1 is 1.20 bits per heavy atom. The quantitative estimate of drug-likeness (QED) is 0.427. The van der Waals surface area contributed by atoms with Crippen LogP contribution in [-0.2, 0) is 0 Å². The number of nitrogens with two attached hydrogens (primary N) is 1. The summed E-state index contributed by atoms with van der Waals surface area (Å²) in [4.78, 5) is 24.5. The van der Waals surface area contributed by atoms with Crippen LogP contribution in [0, 0.1) is 17.0 Å². The summed E-state index contributed by atoms with van der Waals surface area (Å²) < 4.78 is 0. The van der Waals surface area contributed by atoms with E-state index in [-0.39, 0.29) is 17.2 Å². The van der Waals surface area contributed by atoms with Crippen LogP contribution in [-0.4, -0.2) is 23.9 Å². The van der Waals surface area contributed by atoms with Crippen molar-refractivity contribution in [2.24, 2.45) is 5.73 Å². The molecule has 0 atom stereocenters. The first-order valence-corrected chi connectivity index (χ1v) is 8.84. The zero-order chi connectivity index (χ0) is 18.2. The Morgan fingerprint density at radius 3 is 2.56 bits per heavy atom. The molecule has 25 heavy (non-hydrogen) atoms. The van der Waals surface area contributed by atoms with Gasteiger partial charge in [0.05, 0.1) is 9.82 Å². The Hall–Kier alpha value is -2.38. The lowest BCUT2D eigenvalue weighted by Crippen LogP contribution is -2.24. The monoisotopic (exact) mass is 359 g/mol. The van der Waals surface area contributed by atoms with E-state index < -0.39 is 4.92 Å². The van der Waals surface area contributed by atoms with Gasteiger partial charge in [0, 0.05) is 23.1 Å². The fourth-order valence-corrected chi connectivity index (χ4v) is 3.09. The highest BCUT2D eigenvalue weighted by atomic mass is 32.2. The lowest BCUT2D eigenvalue weighted by atomic mass is 10.2. The first-order chi connectivity index (χ1) is 12.0. The van der Waals surface area contributed by atoms with Crippen molar-refractivity contribution in [2.45, 2.75) is 29.6 Å². The van der Waals surface area contributed by atoms with Crippen LogP contribution in [0.15, 0.2) is 52.3 Å². The first-order valence-electron chi connectivity index (χ1n) is 8.02. The second-order valence-corrected chi connectivity index (χ2v) is 6.72. The summed E-state index contributed by atoms with van der Waals surface area (Å²) >= 11 is 1.31. The van der Waals surface area contributed by atoms with Crippen molar-refractivity contribution >= 4 is 23.4 Å². The summed E-state index contributed by atoms with van der Waals surface area (Å²) in [7, 11) is 0. The number of unbranched alkanes of at least 4 members (excludes halogenated alkanes) is 1. The number of hydrogen-bond donors (Lipinski definition) is 2. The minimum absolute atomic E-state index is 0.0693. The van der Waals surface area contributed by atoms with Crippen LogP contribution in [0.4, 0.5) is 5.69 Å². The molecule has 0 aromatic heterocycles. The molecule has 0 unspecified atom stereocenters. The lowest BCUT2D eigenvalue weighted by Gasteiger charge is -2.07. The van der Waals surface area contributed by atoms with Crippen LogP contribution in [0.5, 0.6) is 0 Å². The summed E-state index contributed by atoms with van der Waals surface area (Å²) in [6.07, 6.45) is 1.61. The zero-order valence-electron chi connectivity index (χ0n) is 14.0. The molecule has 0 spiro atoms. The van der Waals surface area contributed by atoms with E-state index in [0.717, 1.165) is 23.3 Å². The van der Waals surface area contributed by atoms with E-state index >= 15 is 0 Å². The molecule has 0 aliphatic heterocycles. The molecule has 0 heterocycles. The molecule has 0 fully saturated rings. The molecule has 0 aliphatic carbocycles. The molecular weight excluding hydrogens is 338 g/mol. The van der Waals surface area contributed by atoms with Gasteiger partial charge < -0.3 is 11.1 Å². The third kappa shape index (κ3) is 5.58. The molecule has 6 nitrogen and oxygen atoms in total. The van der Waals surface area contributed by atoms with E-state index in [0.29, 0.717) is 18.0 Å². The molecule has 7 heteroatoms. The SMILES string of the molecule is Cc1ccc(Sc2ccc(C(=O)NCCCCN)cc2[N+](=O)[O-])cc1. The van der Waals surface area contributed by atoms with Gasteiger partial charge in [-0.1, -0.05) is 29.5 Å². The average molecular weight is 359 g/mol. The maximum atomic E-state index is 12.1. The number of amides is 1. The number of benzene rings is 2. The largest absolute Gasteiger partial charge is 0.352 e. The first kappa shape index (κ1) is 19.0. The Morgan fingerprint density at radius 2 is 1.92 bits per heavy atom. The highest BCUT2D eigenvalue weighted by Crippen LogP contribution is 2.35. The van der Waals surface area contributed by atoms with Crippen molar-refractivity contribution in [3.8, 4) is 0 Å². The number of hydrogen-bond acceptors (Lipinski definition) is 5. The second-order valence-electron chi connectivity index (χ2n) is 5.61. The van der Waals surface area contributed by atoms with Gasteiger partial charge in [-0.2, -0.15) is 0 Å².